The van der Waals surface area contributed by atoms with Crippen molar-refractivity contribution in [3.05, 3.63) is 107 Å². The lowest BCUT2D eigenvalue weighted by atomic mass is 9.96. The number of pyridine rings is 3. The van der Waals surface area contributed by atoms with E-state index in [1.807, 2.05) is 24.5 Å². The fraction of sp³-hybridized carbons (Fsp3) is 0.0645. The summed E-state index contributed by atoms with van der Waals surface area (Å²) in [5.41, 5.74) is 16.0. The van der Waals surface area contributed by atoms with Crippen molar-refractivity contribution in [2.75, 3.05) is 0 Å². The Bertz CT molecular complexity index is 2070. The first-order valence-corrected chi connectivity index (χ1v) is 12.1. The molecule has 0 aliphatic heterocycles. The van der Waals surface area contributed by atoms with Crippen molar-refractivity contribution >= 4 is 38.6 Å². The zero-order chi connectivity index (χ0) is 22.7. The van der Waals surface area contributed by atoms with Crippen molar-refractivity contribution in [2.24, 2.45) is 0 Å². The van der Waals surface area contributed by atoms with Crippen molar-refractivity contribution in [1.29, 1.82) is 0 Å². The highest BCUT2D eigenvalue weighted by atomic mass is 15.1. The molecule has 2 aliphatic rings. The number of nitrogens with zero attached hydrogens (tertiary/aromatic N) is 4. The number of rotatable bonds is 0. The number of hydrogen-bond donors (Lipinski definition) is 0. The van der Waals surface area contributed by atoms with E-state index in [9.17, 15) is 0 Å². The Hall–Kier alpha value is -4.57. The lowest BCUT2D eigenvalue weighted by Gasteiger charge is -2.08. The van der Waals surface area contributed by atoms with Crippen molar-refractivity contribution in [2.45, 2.75) is 12.8 Å². The lowest BCUT2D eigenvalue weighted by molar-refractivity contribution is 1.17. The van der Waals surface area contributed by atoms with Gasteiger partial charge in [-0.1, -0.05) is 48.5 Å². The maximum absolute atomic E-state index is 5.24. The van der Waals surface area contributed by atoms with Gasteiger partial charge >= 0.3 is 0 Å². The molecule has 162 valence electrons. The first-order valence-electron chi connectivity index (χ1n) is 12.1. The van der Waals surface area contributed by atoms with Gasteiger partial charge in [-0.3, -0.25) is 9.38 Å². The summed E-state index contributed by atoms with van der Waals surface area (Å²) < 4.78 is 2.20. The Balaban J connectivity index is 1.36. The zero-order valence-corrected chi connectivity index (χ0v) is 18.8. The van der Waals surface area contributed by atoms with Crippen molar-refractivity contribution in [1.82, 2.24) is 19.4 Å². The summed E-state index contributed by atoms with van der Waals surface area (Å²) in [4.78, 5) is 14.8. The Morgan fingerprint density at radius 3 is 2.23 bits per heavy atom. The van der Waals surface area contributed by atoms with Crippen LogP contribution in [0.5, 0.6) is 0 Å². The molecule has 0 radical (unpaired) electrons. The van der Waals surface area contributed by atoms with Crippen LogP contribution in [0.15, 0.2) is 85.2 Å². The number of aromatic nitrogens is 4. The molecule has 0 amide bonds. The van der Waals surface area contributed by atoms with Crippen molar-refractivity contribution in [3.63, 3.8) is 0 Å². The summed E-state index contributed by atoms with van der Waals surface area (Å²) in [5, 5.41) is 2.19. The van der Waals surface area contributed by atoms with Crippen LogP contribution in [0.1, 0.15) is 22.3 Å². The maximum atomic E-state index is 5.24. The Kier molecular flexibility index (Phi) is 3.11. The molecule has 2 aliphatic carbocycles. The lowest BCUT2D eigenvalue weighted by Crippen LogP contribution is -1.94. The molecule has 4 nitrogen and oxygen atoms in total. The van der Waals surface area contributed by atoms with Crippen LogP contribution in [0.4, 0.5) is 0 Å². The van der Waals surface area contributed by atoms with Crippen LogP contribution < -0.4 is 0 Å². The summed E-state index contributed by atoms with van der Waals surface area (Å²) in [5.74, 6) is 0. The van der Waals surface area contributed by atoms with Crippen molar-refractivity contribution in [3.8, 4) is 22.3 Å². The van der Waals surface area contributed by atoms with Crippen LogP contribution in [-0.2, 0) is 12.8 Å². The molecule has 4 heteroatoms. The highest BCUT2D eigenvalue weighted by Crippen LogP contribution is 2.48. The predicted molar refractivity (Wildman–Crippen MR) is 140 cm³/mol. The Labute approximate surface area is 200 Å². The molecule has 0 unspecified atom stereocenters. The summed E-state index contributed by atoms with van der Waals surface area (Å²) in [6.45, 7) is 0. The van der Waals surface area contributed by atoms with Crippen LogP contribution in [0.2, 0.25) is 0 Å². The molecule has 0 saturated heterocycles. The number of imidazole rings is 1. The van der Waals surface area contributed by atoms with E-state index >= 15 is 0 Å². The number of fused-ring (bicyclic) bond motifs is 16. The summed E-state index contributed by atoms with van der Waals surface area (Å²) in [7, 11) is 0. The number of hydrogen-bond acceptors (Lipinski definition) is 3. The molecule has 0 bridgehead atoms. The highest BCUT2D eigenvalue weighted by molar-refractivity contribution is 6.11. The van der Waals surface area contributed by atoms with E-state index in [-0.39, 0.29) is 0 Å². The molecule has 4 heterocycles. The highest BCUT2D eigenvalue weighted by Gasteiger charge is 2.30. The molecule has 4 aromatic heterocycles. The van der Waals surface area contributed by atoms with Gasteiger partial charge in [0.05, 0.1) is 11.0 Å². The average molecular weight is 447 g/mol. The zero-order valence-electron chi connectivity index (χ0n) is 18.8. The van der Waals surface area contributed by atoms with Crippen LogP contribution in [-0.4, -0.2) is 19.4 Å². The van der Waals surface area contributed by atoms with Gasteiger partial charge in [0.15, 0.2) is 5.65 Å². The first kappa shape index (κ1) is 17.8. The van der Waals surface area contributed by atoms with Gasteiger partial charge in [-0.2, -0.15) is 0 Å². The smallest absolute Gasteiger partial charge is 0.166 e. The molecule has 0 spiro atoms. The largest absolute Gasteiger partial charge is 0.274 e. The number of benzene rings is 3. The molecule has 9 rings (SSSR count). The fourth-order valence-corrected chi connectivity index (χ4v) is 6.50. The Morgan fingerprint density at radius 2 is 1.29 bits per heavy atom. The summed E-state index contributed by atoms with van der Waals surface area (Å²) in [6.07, 6.45) is 5.64. The van der Waals surface area contributed by atoms with E-state index < -0.39 is 0 Å². The molecule has 0 fully saturated rings. The predicted octanol–water partition coefficient (Wildman–Crippen LogP) is 6.73. The first-order chi connectivity index (χ1) is 17.4. The third-order valence-electron chi connectivity index (χ3n) is 7.99. The van der Waals surface area contributed by atoms with Gasteiger partial charge in [-0.15, -0.1) is 0 Å². The summed E-state index contributed by atoms with van der Waals surface area (Å²) in [6, 6.07) is 26.2. The van der Waals surface area contributed by atoms with E-state index in [0.29, 0.717) is 0 Å². The topological polar surface area (TPSA) is 43.1 Å². The minimum Gasteiger partial charge on any atom is -0.274 e. The van der Waals surface area contributed by atoms with E-state index in [4.69, 9.17) is 15.0 Å². The molecule has 3 aromatic carbocycles. The fourth-order valence-electron chi connectivity index (χ4n) is 6.50. The third kappa shape index (κ3) is 2.11. The molecule has 0 N–H and O–H groups in total. The van der Waals surface area contributed by atoms with Crippen molar-refractivity contribution < 1.29 is 0 Å². The van der Waals surface area contributed by atoms with Gasteiger partial charge in [-0.25, -0.2) is 9.97 Å². The van der Waals surface area contributed by atoms with Gasteiger partial charge in [-0.05, 0) is 75.2 Å². The van der Waals surface area contributed by atoms with Gasteiger partial charge in [0.2, 0.25) is 0 Å². The third-order valence-corrected chi connectivity index (χ3v) is 7.99. The normalized spacial score (nSPS) is 13.5. The molecule has 35 heavy (non-hydrogen) atoms. The Morgan fingerprint density at radius 1 is 0.543 bits per heavy atom. The standard InChI is InChI=1S/C31H18N4/c1-2-6-18-17(5-1)15-24-19(18)9-10-20-21-11-12-27-28(26(21)16-25(20)24)34-31-29-22(7-3-13-32-29)23-8-4-14-33-30(23)35(27)31/h1-14H,15-16H2. The van der Waals surface area contributed by atoms with Gasteiger partial charge < -0.3 is 0 Å². The van der Waals surface area contributed by atoms with Gasteiger partial charge in [0.25, 0.3) is 0 Å². The maximum Gasteiger partial charge on any atom is 0.166 e. The van der Waals surface area contributed by atoms with E-state index in [1.165, 1.54) is 44.5 Å². The van der Waals surface area contributed by atoms with Gasteiger partial charge in [0, 0.05) is 29.6 Å². The second-order valence-electron chi connectivity index (χ2n) is 9.63. The van der Waals surface area contributed by atoms with Crippen LogP contribution >= 0.6 is 0 Å². The van der Waals surface area contributed by atoms with Crippen LogP contribution in [0.25, 0.3) is 60.9 Å². The van der Waals surface area contributed by atoms with Crippen LogP contribution in [0, 0.1) is 0 Å². The van der Waals surface area contributed by atoms with E-state index in [0.717, 1.165) is 51.5 Å². The minimum absolute atomic E-state index is 0.879. The van der Waals surface area contributed by atoms with Crippen LogP contribution in [0.3, 0.4) is 0 Å². The monoisotopic (exact) mass is 446 g/mol. The SMILES string of the molecule is c1ccc2c(c1)Cc1c-2ccc2c1Cc1c-2ccc2c1nc1c3ncccc3c3cccnc3n21. The second-order valence-corrected chi connectivity index (χ2v) is 9.63. The van der Waals surface area contributed by atoms with Gasteiger partial charge in [0.1, 0.15) is 11.2 Å². The molecule has 7 aromatic rings. The quantitative estimate of drug-likeness (QED) is 0.243. The summed E-state index contributed by atoms with van der Waals surface area (Å²) >= 11 is 0. The second kappa shape index (κ2) is 6.10. The van der Waals surface area contributed by atoms with E-state index in [2.05, 4.69) is 65.1 Å². The minimum atomic E-state index is 0.879. The molecule has 0 atom stereocenters. The average Bonchev–Trinajstić information content (AvgIpc) is 3.60. The molecule has 0 saturated carbocycles. The molecular formula is C31H18N4. The van der Waals surface area contributed by atoms with E-state index in [1.54, 1.807) is 0 Å². The molecular weight excluding hydrogens is 428 g/mol.